The predicted octanol–water partition coefficient (Wildman–Crippen LogP) is 0.455. The number of hydrogen-bond acceptors (Lipinski definition) is 9. The fourth-order valence-electron chi connectivity index (χ4n) is 4.53. The number of imide groups is 1. The van der Waals surface area contributed by atoms with Crippen molar-refractivity contribution in [3.05, 3.63) is 0 Å². The minimum Gasteiger partial charge on any atom is -0.379 e. The van der Waals surface area contributed by atoms with Crippen molar-refractivity contribution in [2.45, 2.75) is 78.7 Å². The Morgan fingerprint density at radius 2 is 1.47 bits per heavy atom. The standard InChI is InChI=1S/C29H49N5O9/c1-19(2)27(22(35)18-21(28(40)20(3)4)6-5-11-32-29(30)41)33-24(37)10-14-42-16-17-43-15-12-31-23(36)9-13-34-25(38)7-8-26(34)39/h19-21,27H,5-18H2,1-4H3,(H,31,36)(H,33,37)(H3,30,32,41)/t21-,27+/m1/s1. The summed E-state index contributed by atoms with van der Waals surface area (Å²) in [5.74, 6) is -2.32. The Morgan fingerprint density at radius 3 is 2.05 bits per heavy atom. The van der Waals surface area contributed by atoms with Gasteiger partial charge in [0.25, 0.3) is 0 Å². The summed E-state index contributed by atoms with van der Waals surface area (Å²) in [6, 6.07) is -1.39. The Labute approximate surface area is 253 Å². The first-order valence-corrected chi connectivity index (χ1v) is 15.0. The van der Waals surface area contributed by atoms with E-state index < -0.39 is 18.0 Å². The fraction of sp³-hybridized carbons (Fsp3) is 0.759. The molecule has 0 radical (unpaired) electrons. The lowest BCUT2D eigenvalue weighted by Crippen LogP contribution is -2.45. The minimum atomic E-state index is -0.742. The summed E-state index contributed by atoms with van der Waals surface area (Å²) in [4.78, 5) is 85.3. The molecule has 244 valence electrons. The molecular weight excluding hydrogens is 562 g/mol. The van der Waals surface area contributed by atoms with E-state index in [4.69, 9.17) is 15.2 Å². The number of hydrogen-bond donors (Lipinski definition) is 4. The number of primary amides is 1. The van der Waals surface area contributed by atoms with Crippen molar-refractivity contribution in [1.29, 1.82) is 0 Å². The van der Waals surface area contributed by atoms with Gasteiger partial charge in [-0.2, -0.15) is 0 Å². The molecule has 1 aliphatic rings. The van der Waals surface area contributed by atoms with Crippen LogP contribution in [0.5, 0.6) is 0 Å². The lowest BCUT2D eigenvalue weighted by molar-refractivity contribution is -0.138. The number of ketones is 2. The van der Waals surface area contributed by atoms with Crippen LogP contribution in [0.15, 0.2) is 0 Å². The van der Waals surface area contributed by atoms with Gasteiger partial charge in [-0.25, -0.2) is 4.79 Å². The number of urea groups is 1. The van der Waals surface area contributed by atoms with Gasteiger partial charge < -0.3 is 31.2 Å². The summed E-state index contributed by atoms with van der Waals surface area (Å²) < 4.78 is 10.8. The molecule has 43 heavy (non-hydrogen) atoms. The number of likely N-dealkylation sites (tertiary alicyclic amines) is 1. The highest BCUT2D eigenvalue weighted by Crippen LogP contribution is 2.20. The van der Waals surface area contributed by atoms with Crippen molar-refractivity contribution in [2.24, 2.45) is 23.5 Å². The zero-order chi connectivity index (χ0) is 32.4. The van der Waals surface area contributed by atoms with Crippen molar-refractivity contribution >= 4 is 41.2 Å². The quantitative estimate of drug-likeness (QED) is 0.0934. The van der Waals surface area contributed by atoms with Gasteiger partial charge in [0.05, 0.1) is 32.5 Å². The first kappa shape index (κ1) is 37.6. The van der Waals surface area contributed by atoms with E-state index >= 15 is 0 Å². The van der Waals surface area contributed by atoms with E-state index in [-0.39, 0.29) is 119 Å². The van der Waals surface area contributed by atoms with Crippen LogP contribution in [0.1, 0.15) is 72.6 Å². The van der Waals surface area contributed by atoms with E-state index in [1.165, 1.54) is 0 Å². The number of nitrogens with two attached hydrogens (primary N) is 1. The van der Waals surface area contributed by atoms with Crippen LogP contribution in [0.2, 0.25) is 0 Å². The molecule has 6 amide bonds. The van der Waals surface area contributed by atoms with Crippen LogP contribution in [-0.4, -0.2) is 98.2 Å². The molecule has 1 saturated heterocycles. The second kappa shape index (κ2) is 20.5. The third-order valence-electron chi connectivity index (χ3n) is 6.91. The summed E-state index contributed by atoms with van der Waals surface area (Å²) in [6.07, 6.45) is 1.40. The topological polar surface area (TPSA) is 203 Å². The maximum absolute atomic E-state index is 13.1. The molecule has 0 bridgehead atoms. The molecule has 0 aliphatic carbocycles. The van der Waals surface area contributed by atoms with Crippen LogP contribution >= 0.6 is 0 Å². The average Bonchev–Trinajstić information content (AvgIpc) is 3.26. The molecule has 0 unspecified atom stereocenters. The van der Waals surface area contributed by atoms with Crippen LogP contribution in [0.4, 0.5) is 4.79 Å². The normalized spacial score (nSPS) is 14.6. The van der Waals surface area contributed by atoms with Crippen LogP contribution < -0.4 is 21.7 Å². The second-order valence-electron chi connectivity index (χ2n) is 11.2. The Balaban J connectivity index is 2.27. The molecule has 0 aromatic rings. The highest BCUT2D eigenvalue weighted by atomic mass is 16.5. The van der Waals surface area contributed by atoms with Gasteiger partial charge >= 0.3 is 6.03 Å². The molecule has 0 aromatic heterocycles. The highest BCUT2D eigenvalue weighted by molar-refractivity contribution is 6.02. The molecule has 1 fully saturated rings. The number of nitrogens with zero attached hydrogens (tertiary/aromatic N) is 1. The van der Waals surface area contributed by atoms with E-state index in [0.717, 1.165) is 4.90 Å². The van der Waals surface area contributed by atoms with Crippen molar-refractivity contribution in [2.75, 3.05) is 46.1 Å². The van der Waals surface area contributed by atoms with Crippen molar-refractivity contribution in [1.82, 2.24) is 20.9 Å². The molecule has 14 heteroatoms. The van der Waals surface area contributed by atoms with E-state index in [9.17, 15) is 33.6 Å². The molecule has 0 spiro atoms. The van der Waals surface area contributed by atoms with E-state index in [2.05, 4.69) is 16.0 Å². The zero-order valence-corrected chi connectivity index (χ0v) is 25.9. The summed E-state index contributed by atoms with van der Waals surface area (Å²) >= 11 is 0. The summed E-state index contributed by atoms with van der Waals surface area (Å²) in [6.45, 7) is 8.71. The maximum Gasteiger partial charge on any atom is 0.312 e. The molecule has 2 atom stereocenters. The number of amides is 6. The number of Topliss-reactive ketones (excluding diaryl/α,β-unsaturated/α-hetero) is 2. The van der Waals surface area contributed by atoms with Crippen molar-refractivity contribution < 1.29 is 43.0 Å². The van der Waals surface area contributed by atoms with E-state index in [0.29, 0.717) is 19.4 Å². The first-order chi connectivity index (χ1) is 20.3. The predicted molar refractivity (Wildman–Crippen MR) is 156 cm³/mol. The van der Waals surface area contributed by atoms with Gasteiger partial charge in [0.15, 0.2) is 5.78 Å². The molecule has 1 aliphatic heterocycles. The first-order valence-electron chi connectivity index (χ1n) is 15.0. The molecule has 0 aromatic carbocycles. The number of carbonyl (C=O) groups excluding carboxylic acids is 7. The SMILES string of the molecule is CC(C)C(=O)[C@H](CCCNC(N)=O)CC(=O)[C@@H](NC(=O)CCOCCOCCNC(=O)CCN1C(=O)CCC1=O)C(C)C. The molecule has 0 saturated carbocycles. The van der Waals surface area contributed by atoms with Crippen LogP contribution in [0, 0.1) is 17.8 Å². The third kappa shape index (κ3) is 15.6. The van der Waals surface area contributed by atoms with Crippen molar-refractivity contribution in [3.8, 4) is 0 Å². The van der Waals surface area contributed by atoms with Gasteiger partial charge in [-0.1, -0.05) is 27.7 Å². The Bertz CT molecular complexity index is 954. The summed E-state index contributed by atoms with van der Waals surface area (Å²) in [5, 5.41) is 7.91. The number of ether oxygens (including phenoxy) is 2. The van der Waals surface area contributed by atoms with Gasteiger partial charge in [0.1, 0.15) is 5.78 Å². The number of nitrogens with one attached hydrogen (secondary N) is 3. The zero-order valence-electron chi connectivity index (χ0n) is 25.9. The molecule has 1 rings (SSSR count). The lowest BCUT2D eigenvalue weighted by Gasteiger charge is -2.24. The van der Waals surface area contributed by atoms with E-state index in [1.54, 1.807) is 13.8 Å². The molecule has 14 nitrogen and oxygen atoms in total. The Hall–Kier alpha value is -3.39. The third-order valence-corrected chi connectivity index (χ3v) is 6.91. The average molecular weight is 612 g/mol. The van der Waals surface area contributed by atoms with Crippen LogP contribution in [0.3, 0.4) is 0 Å². The van der Waals surface area contributed by atoms with E-state index in [1.807, 2.05) is 13.8 Å². The molecular formula is C29H49N5O9. The number of rotatable bonds is 23. The monoisotopic (exact) mass is 611 g/mol. The lowest BCUT2D eigenvalue weighted by atomic mass is 9.84. The fourth-order valence-corrected chi connectivity index (χ4v) is 4.53. The van der Waals surface area contributed by atoms with Gasteiger partial charge in [0, 0.05) is 63.6 Å². The van der Waals surface area contributed by atoms with Gasteiger partial charge in [-0.05, 0) is 18.8 Å². The van der Waals surface area contributed by atoms with Gasteiger partial charge in [0.2, 0.25) is 23.6 Å². The van der Waals surface area contributed by atoms with Crippen LogP contribution in [-0.2, 0) is 38.2 Å². The van der Waals surface area contributed by atoms with Crippen LogP contribution in [0.25, 0.3) is 0 Å². The Kier molecular flexibility index (Phi) is 17.9. The maximum atomic E-state index is 13.1. The number of carbonyl (C=O) groups is 7. The minimum absolute atomic E-state index is 0.00278. The summed E-state index contributed by atoms with van der Waals surface area (Å²) in [5.41, 5.74) is 5.08. The largest absolute Gasteiger partial charge is 0.379 e. The van der Waals surface area contributed by atoms with Gasteiger partial charge in [-0.15, -0.1) is 0 Å². The smallest absolute Gasteiger partial charge is 0.312 e. The second-order valence-corrected chi connectivity index (χ2v) is 11.2. The van der Waals surface area contributed by atoms with Gasteiger partial charge in [-0.3, -0.25) is 33.7 Å². The highest BCUT2D eigenvalue weighted by Gasteiger charge is 2.30. The Morgan fingerprint density at radius 1 is 0.837 bits per heavy atom. The molecule has 5 N–H and O–H groups in total. The molecule has 1 heterocycles. The van der Waals surface area contributed by atoms with Crippen molar-refractivity contribution in [3.63, 3.8) is 0 Å². The summed E-state index contributed by atoms with van der Waals surface area (Å²) in [7, 11) is 0.